The molecule has 30 heavy (non-hydrogen) atoms. The van der Waals surface area contributed by atoms with E-state index in [9.17, 15) is 13.2 Å². The normalized spacial score (nSPS) is 12.3. The summed E-state index contributed by atoms with van der Waals surface area (Å²) < 4.78 is 32.4. The predicted octanol–water partition coefficient (Wildman–Crippen LogP) is 3.39. The summed E-state index contributed by atoms with van der Waals surface area (Å²) in [4.78, 5) is 12.3. The lowest BCUT2D eigenvalue weighted by Crippen LogP contribution is -2.30. The third-order valence-electron chi connectivity index (χ3n) is 4.21. The standard InChI is InChI=1S/C20H22N4O4S2/c1-13-10-14(2)12-16(11-13)24(4)30(26,27)20-23-22-19(29-20)21-18(25)15(3)28-17-8-6-5-7-9-17/h5-12,15H,1-4H3,(H,21,22,25). The van der Waals surface area contributed by atoms with E-state index in [1.165, 1.54) is 7.05 Å². The molecule has 0 saturated carbocycles. The van der Waals surface area contributed by atoms with Gasteiger partial charge in [0.15, 0.2) is 6.10 Å². The molecule has 0 fully saturated rings. The summed E-state index contributed by atoms with van der Waals surface area (Å²) in [6.45, 7) is 5.39. The fourth-order valence-corrected chi connectivity index (χ4v) is 4.95. The molecule has 1 unspecified atom stereocenters. The number of rotatable bonds is 7. The van der Waals surface area contributed by atoms with Crippen molar-refractivity contribution in [2.45, 2.75) is 31.2 Å². The van der Waals surface area contributed by atoms with Gasteiger partial charge in [-0.2, -0.15) is 8.42 Å². The predicted molar refractivity (Wildman–Crippen MR) is 117 cm³/mol. The monoisotopic (exact) mass is 446 g/mol. The van der Waals surface area contributed by atoms with Gasteiger partial charge < -0.3 is 4.74 Å². The molecule has 0 aliphatic heterocycles. The number of para-hydroxylation sites is 1. The summed E-state index contributed by atoms with van der Waals surface area (Å²) in [5.74, 6) is 0.0948. The topological polar surface area (TPSA) is 101 Å². The van der Waals surface area contributed by atoms with Crippen LogP contribution < -0.4 is 14.4 Å². The van der Waals surface area contributed by atoms with Gasteiger partial charge >= 0.3 is 0 Å². The number of aryl methyl sites for hydroxylation is 2. The first kappa shape index (κ1) is 21.7. The molecule has 10 heteroatoms. The largest absolute Gasteiger partial charge is 0.481 e. The molecule has 2 aromatic carbocycles. The number of aromatic nitrogens is 2. The van der Waals surface area contributed by atoms with Gasteiger partial charge in [0.25, 0.3) is 20.3 Å². The van der Waals surface area contributed by atoms with Crippen LogP contribution in [0.1, 0.15) is 18.1 Å². The second-order valence-corrected chi connectivity index (χ2v) is 9.87. The zero-order valence-electron chi connectivity index (χ0n) is 17.0. The Labute approximate surface area is 179 Å². The average molecular weight is 447 g/mol. The molecule has 3 rings (SSSR count). The van der Waals surface area contributed by atoms with Crippen LogP contribution in [0.5, 0.6) is 5.75 Å². The number of sulfonamides is 1. The molecule has 0 saturated heterocycles. The van der Waals surface area contributed by atoms with Crippen LogP contribution in [-0.4, -0.2) is 37.7 Å². The van der Waals surface area contributed by atoms with E-state index in [2.05, 4.69) is 15.5 Å². The van der Waals surface area contributed by atoms with E-state index in [1.807, 2.05) is 26.0 Å². The first-order valence-electron chi connectivity index (χ1n) is 9.10. The zero-order valence-corrected chi connectivity index (χ0v) is 18.6. The zero-order chi connectivity index (χ0) is 21.9. The Hall–Kier alpha value is -2.98. The Kier molecular flexibility index (Phi) is 6.37. The van der Waals surface area contributed by atoms with E-state index >= 15 is 0 Å². The van der Waals surface area contributed by atoms with Crippen molar-refractivity contribution in [1.29, 1.82) is 0 Å². The summed E-state index contributed by atoms with van der Waals surface area (Å²) in [6, 6.07) is 14.4. The van der Waals surface area contributed by atoms with Gasteiger partial charge in [-0.25, -0.2) is 0 Å². The smallest absolute Gasteiger partial charge is 0.293 e. The molecule has 3 aromatic rings. The average Bonchev–Trinajstić information content (AvgIpc) is 3.16. The minimum absolute atomic E-state index is 0.0795. The summed E-state index contributed by atoms with van der Waals surface area (Å²) in [5, 5.41) is 10.2. The van der Waals surface area contributed by atoms with Crippen LogP contribution >= 0.6 is 11.3 Å². The van der Waals surface area contributed by atoms with E-state index in [4.69, 9.17) is 4.74 Å². The minimum atomic E-state index is -3.91. The molecule has 1 atom stereocenters. The second-order valence-electron chi connectivity index (χ2n) is 6.75. The molecule has 0 bridgehead atoms. The number of anilines is 2. The molecular formula is C20H22N4O4S2. The van der Waals surface area contributed by atoms with Gasteiger partial charge in [0.05, 0.1) is 5.69 Å². The van der Waals surface area contributed by atoms with Crippen LogP contribution in [0.3, 0.4) is 0 Å². The van der Waals surface area contributed by atoms with Crippen molar-refractivity contribution in [3.8, 4) is 5.75 Å². The second kappa shape index (κ2) is 8.80. The van der Waals surface area contributed by atoms with Crippen LogP contribution in [-0.2, 0) is 14.8 Å². The van der Waals surface area contributed by atoms with Crippen molar-refractivity contribution in [3.63, 3.8) is 0 Å². The van der Waals surface area contributed by atoms with Gasteiger partial charge in [-0.15, -0.1) is 10.2 Å². The fourth-order valence-electron chi connectivity index (χ4n) is 2.72. The number of hydrogen-bond donors (Lipinski definition) is 1. The third kappa shape index (κ3) is 4.95. The first-order chi connectivity index (χ1) is 14.2. The van der Waals surface area contributed by atoms with Gasteiger partial charge in [-0.1, -0.05) is 35.6 Å². The number of nitrogens with zero attached hydrogens (tertiary/aromatic N) is 3. The molecule has 0 aliphatic carbocycles. The van der Waals surface area contributed by atoms with Crippen LogP contribution in [0.25, 0.3) is 0 Å². The number of ether oxygens (including phenoxy) is 1. The van der Waals surface area contributed by atoms with Crippen molar-refractivity contribution >= 4 is 38.1 Å². The van der Waals surface area contributed by atoms with Gasteiger partial charge in [0.2, 0.25) is 5.13 Å². The van der Waals surface area contributed by atoms with Crippen LogP contribution in [0, 0.1) is 13.8 Å². The lowest BCUT2D eigenvalue weighted by Gasteiger charge is -2.18. The number of hydrogen-bond acceptors (Lipinski definition) is 7. The number of nitrogens with one attached hydrogen (secondary N) is 1. The number of carbonyl (C=O) groups is 1. The van der Waals surface area contributed by atoms with Crippen molar-refractivity contribution in [1.82, 2.24) is 10.2 Å². The molecule has 0 radical (unpaired) electrons. The van der Waals surface area contributed by atoms with Crippen LogP contribution in [0.4, 0.5) is 10.8 Å². The SMILES string of the molecule is Cc1cc(C)cc(N(C)S(=O)(=O)c2nnc(NC(=O)C(C)Oc3ccccc3)s2)c1. The van der Waals surface area contributed by atoms with Crippen molar-refractivity contribution in [3.05, 3.63) is 59.7 Å². The summed E-state index contributed by atoms with van der Waals surface area (Å²) in [5.41, 5.74) is 2.42. The maximum absolute atomic E-state index is 12.9. The minimum Gasteiger partial charge on any atom is -0.481 e. The van der Waals surface area contributed by atoms with Gasteiger partial charge in [0, 0.05) is 7.05 Å². The molecule has 1 aromatic heterocycles. The highest BCUT2D eigenvalue weighted by atomic mass is 32.2. The number of carbonyl (C=O) groups excluding carboxylic acids is 1. The van der Waals surface area contributed by atoms with Gasteiger partial charge in [-0.05, 0) is 56.2 Å². The van der Waals surface area contributed by atoms with Crippen molar-refractivity contribution < 1.29 is 17.9 Å². The van der Waals surface area contributed by atoms with Gasteiger partial charge in [-0.3, -0.25) is 14.4 Å². The maximum Gasteiger partial charge on any atom is 0.293 e. The van der Waals surface area contributed by atoms with Crippen LogP contribution in [0.15, 0.2) is 52.9 Å². The molecule has 0 spiro atoms. The third-order valence-corrected chi connectivity index (χ3v) is 7.18. The Bertz CT molecular complexity index is 1130. The first-order valence-corrected chi connectivity index (χ1v) is 11.4. The lowest BCUT2D eigenvalue weighted by molar-refractivity contribution is -0.122. The summed E-state index contributed by atoms with van der Waals surface area (Å²) in [6.07, 6.45) is -0.797. The Morgan fingerprint density at radius 3 is 2.37 bits per heavy atom. The molecule has 8 nitrogen and oxygen atoms in total. The quantitative estimate of drug-likeness (QED) is 0.558. The van der Waals surface area contributed by atoms with E-state index in [-0.39, 0.29) is 9.47 Å². The van der Waals surface area contributed by atoms with Crippen LogP contribution in [0.2, 0.25) is 0 Å². The summed E-state index contributed by atoms with van der Waals surface area (Å²) >= 11 is 0.784. The van der Waals surface area contributed by atoms with E-state index in [0.29, 0.717) is 11.4 Å². The number of amides is 1. The van der Waals surface area contributed by atoms with E-state index in [1.54, 1.807) is 43.3 Å². The maximum atomic E-state index is 12.9. The van der Waals surface area contributed by atoms with Gasteiger partial charge in [0.1, 0.15) is 5.75 Å². The molecule has 1 heterocycles. The highest BCUT2D eigenvalue weighted by molar-refractivity contribution is 7.94. The Balaban J connectivity index is 1.72. The highest BCUT2D eigenvalue weighted by Crippen LogP contribution is 2.27. The molecule has 1 N–H and O–H groups in total. The molecule has 0 aliphatic rings. The summed E-state index contributed by atoms with van der Waals surface area (Å²) in [7, 11) is -2.46. The Morgan fingerprint density at radius 1 is 1.10 bits per heavy atom. The molecule has 158 valence electrons. The lowest BCUT2D eigenvalue weighted by atomic mass is 10.1. The van der Waals surface area contributed by atoms with E-state index < -0.39 is 22.0 Å². The van der Waals surface area contributed by atoms with Crippen molar-refractivity contribution in [2.24, 2.45) is 0 Å². The molecule has 1 amide bonds. The Morgan fingerprint density at radius 2 is 1.73 bits per heavy atom. The highest BCUT2D eigenvalue weighted by Gasteiger charge is 2.27. The van der Waals surface area contributed by atoms with Crippen molar-refractivity contribution in [2.75, 3.05) is 16.7 Å². The fraction of sp³-hybridized carbons (Fsp3) is 0.250. The number of benzene rings is 2. The van der Waals surface area contributed by atoms with E-state index in [0.717, 1.165) is 26.8 Å². The molecular weight excluding hydrogens is 424 g/mol.